The van der Waals surface area contributed by atoms with Gasteiger partial charge in [-0.05, 0) is 36.4 Å². The summed E-state index contributed by atoms with van der Waals surface area (Å²) >= 11 is 0. The van der Waals surface area contributed by atoms with Crippen molar-refractivity contribution in [1.82, 2.24) is 4.90 Å². The van der Waals surface area contributed by atoms with Crippen LogP contribution in [-0.4, -0.2) is 24.4 Å². The highest BCUT2D eigenvalue weighted by molar-refractivity contribution is 5.92. The lowest BCUT2D eigenvalue weighted by Crippen LogP contribution is -2.33. The van der Waals surface area contributed by atoms with Crippen LogP contribution in [0.3, 0.4) is 0 Å². The number of rotatable bonds is 6. The second kappa shape index (κ2) is 8.79. The van der Waals surface area contributed by atoms with E-state index in [1.165, 1.54) is 0 Å². The van der Waals surface area contributed by atoms with Crippen LogP contribution in [0.25, 0.3) is 0 Å². The fraction of sp³-hybridized carbons (Fsp3) is 0.130. The highest BCUT2D eigenvalue weighted by Crippen LogP contribution is 2.27. The molecule has 27 heavy (non-hydrogen) atoms. The Labute approximate surface area is 159 Å². The van der Waals surface area contributed by atoms with Crippen molar-refractivity contribution in [3.8, 4) is 6.07 Å². The van der Waals surface area contributed by atoms with Gasteiger partial charge in [0.15, 0.2) is 0 Å². The van der Waals surface area contributed by atoms with E-state index in [0.717, 1.165) is 11.1 Å². The smallest absolute Gasteiger partial charge is 0.238 e. The molecule has 0 aliphatic carbocycles. The average Bonchev–Trinajstić information content (AvgIpc) is 2.70. The molecular formula is C23H21N3O. The highest BCUT2D eigenvalue weighted by Gasteiger charge is 2.21. The molecule has 4 nitrogen and oxygen atoms in total. The maximum atomic E-state index is 12.6. The average molecular weight is 355 g/mol. The summed E-state index contributed by atoms with van der Waals surface area (Å²) in [6.45, 7) is 0.227. The normalized spacial score (nSPS) is 10.6. The van der Waals surface area contributed by atoms with Gasteiger partial charge >= 0.3 is 0 Å². The van der Waals surface area contributed by atoms with Crippen LogP contribution < -0.4 is 5.32 Å². The van der Waals surface area contributed by atoms with Gasteiger partial charge in [-0.15, -0.1) is 0 Å². The number of anilines is 1. The molecule has 4 heteroatoms. The van der Waals surface area contributed by atoms with Crippen LogP contribution in [0.4, 0.5) is 5.69 Å². The number of benzene rings is 3. The topological polar surface area (TPSA) is 56.1 Å². The molecule has 0 aliphatic rings. The van der Waals surface area contributed by atoms with Crippen molar-refractivity contribution < 1.29 is 4.79 Å². The molecule has 0 aromatic heterocycles. The van der Waals surface area contributed by atoms with E-state index < -0.39 is 0 Å². The van der Waals surface area contributed by atoms with Crippen molar-refractivity contribution in [2.75, 3.05) is 18.9 Å². The Balaban J connectivity index is 1.77. The molecule has 0 fully saturated rings. The van der Waals surface area contributed by atoms with E-state index >= 15 is 0 Å². The first-order valence-electron chi connectivity index (χ1n) is 8.77. The molecule has 0 bridgehead atoms. The number of nitrogens with one attached hydrogen (secondary N) is 1. The maximum absolute atomic E-state index is 12.6. The number of hydrogen-bond donors (Lipinski definition) is 1. The van der Waals surface area contributed by atoms with Crippen LogP contribution >= 0.6 is 0 Å². The Hall–Kier alpha value is -3.42. The predicted octanol–water partition coefficient (Wildman–Crippen LogP) is 4.22. The summed E-state index contributed by atoms with van der Waals surface area (Å²) in [5, 5.41) is 11.9. The van der Waals surface area contributed by atoms with Gasteiger partial charge in [0.2, 0.25) is 5.91 Å². The predicted molar refractivity (Wildman–Crippen MR) is 107 cm³/mol. The van der Waals surface area contributed by atoms with Crippen molar-refractivity contribution >= 4 is 11.6 Å². The number of amides is 1. The number of nitrogens with zero attached hydrogens (tertiary/aromatic N) is 2. The van der Waals surface area contributed by atoms with Crippen LogP contribution in [0.15, 0.2) is 84.9 Å². The molecule has 0 atom stereocenters. The molecule has 0 heterocycles. The summed E-state index contributed by atoms with van der Waals surface area (Å²) in [6, 6.07) is 29.3. The van der Waals surface area contributed by atoms with Crippen LogP contribution in [0, 0.1) is 11.3 Å². The SMILES string of the molecule is CN(CC(=O)Nc1cccc(C#N)c1)C(c1ccccc1)c1ccccc1. The minimum absolute atomic E-state index is 0.0245. The highest BCUT2D eigenvalue weighted by atomic mass is 16.2. The van der Waals surface area contributed by atoms with Crippen LogP contribution in [0.2, 0.25) is 0 Å². The molecule has 0 unspecified atom stereocenters. The van der Waals surface area contributed by atoms with Gasteiger partial charge in [0.05, 0.1) is 24.2 Å². The Kier molecular flexibility index (Phi) is 5.98. The van der Waals surface area contributed by atoms with Gasteiger partial charge in [-0.1, -0.05) is 66.7 Å². The van der Waals surface area contributed by atoms with Crippen molar-refractivity contribution in [2.45, 2.75) is 6.04 Å². The molecule has 0 radical (unpaired) electrons. The van der Waals surface area contributed by atoms with Gasteiger partial charge in [0.25, 0.3) is 0 Å². The number of likely N-dealkylation sites (N-methyl/N-ethyl adjacent to an activating group) is 1. The van der Waals surface area contributed by atoms with Crippen LogP contribution in [-0.2, 0) is 4.79 Å². The molecule has 3 aromatic rings. The summed E-state index contributed by atoms with van der Waals surface area (Å²) in [4.78, 5) is 14.6. The minimum Gasteiger partial charge on any atom is -0.325 e. The fourth-order valence-corrected chi connectivity index (χ4v) is 3.16. The first kappa shape index (κ1) is 18.4. The number of hydrogen-bond acceptors (Lipinski definition) is 3. The van der Waals surface area contributed by atoms with Gasteiger partial charge in [0, 0.05) is 5.69 Å². The summed E-state index contributed by atoms with van der Waals surface area (Å²) in [5.41, 5.74) is 3.41. The second-order valence-corrected chi connectivity index (χ2v) is 6.38. The van der Waals surface area contributed by atoms with Gasteiger partial charge in [0.1, 0.15) is 0 Å². The van der Waals surface area contributed by atoms with Crippen molar-refractivity contribution in [3.05, 3.63) is 102 Å². The Morgan fingerprint density at radius 1 is 0.963 bits per heavy atom. The molecule has 3 aromatic carbocycles. The number of carbonyl (C=O) groups excluding carboxylic acids is 1. The molecule has 3 rings (SSSR count). The van der Waals surface area contributed by atoms with E-state index in [9.17, 15) is 4.79 Å². The van der Waals surface area contributed by atoms with Gasteiger partial charge < -0.3 is 5.32 Å². The van der Waals surface area contributed by atoms with Crippen molar-refractivity contribution in [1.29, 1.82) is 5.26 Å². The first-order valence-corrected chi connectivity index (χ1v) is 8.77. The van der Waals surface area contributed by atoms with E-state index in [1.54, 1.807) is 24.3 Å². The zero-order valence-corrected chi connectivity index (χ0v) is 15.2. The Morgan fingerprint density at radius 3 is 2.11 bits per heavy atom. The third-order valence-corrected chi connectivity index (χ3v) is 4.34. The lowest BCUT2D eigenvalue weighted by Gasteiger charge is -2.28. The van der Waals surface area contributed by atoms with Crippen LogP contribution in [0.5, 0.6) is 0 Å². The van der Waals surface area contributed by atoms with E-state index in [4.69, 9.17) is 5.26 Å². The second-order valence-electron chi connectivity index (χ2n) is 6.38. The largest absolute Gasteiger partial charge is 0.325 e. The molecule has 0 saturated carbocycles. The Bertz CT molecular complexity index is 893. The number of carbonyl (C=O) groups is 1. The molecule has 0 saturated heterocycles. The lowest BCUT2D eigenvalue weighted by molar-refractivity contribution is -0.117. The van der Waals surface area contributed by atoms with Gasteiger partial charge in [-0.25, -0.2) is 0 Å². The quantitative estimate of drug-likeness (QED) is 0.720. The molecule has 0 aliphatic heterocycles. The summed E-state index contributed by atoms with van der Waals surface area (Å²) in [5.74, 6) is -0.121. The third-order valence-electron chi connectivity index (χ3n) is 4.34. The van der Waals surface area contributed by atoms with Crippen molar-refractivity contribution in [2.24, 2.45) is 0 Å². The van der Waals surface area contributed by atoms with E-state index in [1.807, 2.05) is 48.3 Å². The summed E-state index contributed by atoms with van der Waals surface area (Å²) < 4.78 is 0. The summed E-state index contributed by atoms with van der Waals surface area (Å²) in [7, 11) is 1.94. The third kappa shape index (κ3) is 4.81. The van der Waals surface area contributed by atoms with Gasteiger partial charge in [-0.2, -0.15) is 5.26 Å². The fourth-order valence-electron chi connectivity index (χ4n) is 3.16. The maximum Gasteiger partial charge on any atom is 0.238 e. The van der Waals surface area contributed by atoms with E-state index in [2.05, 4.69) is 35.7 Å². The van der Waals surface area contributed by atoms with Crippen molar-refractivity contribution in [3.63, 3.8) is 0 Å². The van der Waals surface area contributed by atoms with E-state index in [-0.39, 0.29) is 18.5 Å². The van der Waals surface area contributed by atoms with E-state index in [0.29, 0.717) is 11.3 Å². The number of nitriles is 1. The zero-order valence-electron chi connectivity index (χ0n) is 15.2. The molecule has 0 spiro atoms. The van der Waals surface area contributed by atoms with Crippen LogP contribution in [0.1, 0.15) is 22.7 Å². The molecule has 1 N–H and O–H groups in total. The molecule has 134 valence electrons. The first-order chi connectivity index (χ1) is 13.2. The minimum atomic E-state index is -0.121. The lowest BCUT2D eigenvalue weighted by atomic mass is 9.97. The van der Waals surface area contributed by atoms with Gasteiger partial charge in [-0.3, -0.25) is 9.69 Å². The summed E-state index contributed by atoms with van der Waals surface area (Å²) in [6.07, 6.45) is 0. The Morgan fingerprint density at radius 2 is 1.56 bits per heavy atom. The zero-order chi connectivity index (χ0) is 19.1. The standard InChI is InChI=1S/C23H21N3O/c1-26(17-22(27)25-21-14-8-9-18(15-21)16-24)23(19-10-4-2-5-11-19)20-12-6-3-7-13-20/h2-15,23H,17H2,1H3,(H,25,27). The molecule has 1 amide bonds. The monoisotopic (exact) mass is 355 g/mol. The molecular weight excluding hydrogens is 334 g/mol.